The van der Waals surface area contributed by atoms with Gasteiger partial charge < -0.3 is 9.64 Å². The number of hydrogen-bond acceptors (Lipinski definition) is 5. The monoisotopic (exact) mass is 337 g/mol. The molecule has 7 heteroatoms. The zero-order valence-electron chi connectivity index (χ0n) is 14.0. The molecule has 25 heavy (non-hydrogen) atoms. The maximum atomic E-state index is 12.7. The lowest BCUT2D eigenvalue weighted by Crippen LogP contribution is -2.34. The van der Waals surface area contributed by atoms with Gasteiger partial charge in [-0.3, -0.25) is 4.79 Å². The van der Waals surface area contributed by atoms with Crippen LogP contribution in [-0.4, -0.2) is 43.8 Å². The predicted octanol–water partition coefficient (Wildman–Crippen LogP) is 2.18. The second kappa shape index (κ2) is 6.51. The van der Waals surface area contributed by atoms with Gasteiger partial charge in [-0.15, -0.1) is 5.10 Å². The molecule has 1 aliphatic heterocycles. The van der Waals surface area contributed by atoms with Crippen molar-refractivity contribution in [2.45, 2.75) is 25.8 Å². The molecule has 0 N–H and O–H groups in total. The van der Waals surface area contributed by atoms with Crippen LogP contribution in [0.4, 0.5) is 0 Å². The Balaban J connectivity index is 1.49. The van der Waals surface area contributed by atoms with Crippen LogP contribution in [0.15, 0.2) is 42.7 Å². The van der Waals surface area contributed by atoms with Gasteiger partial charge in [-0.05, 0) is 25.3 Å². The molecule has 2 aromatic heterocycles. The van der Waals surface area contributed by atoms with Crippen molar-refractivity contribution in [2.75, 3.05) is 13.2 Å². The minimum atomic E-state index is -0.0410. The number of carbonyl (C=O) groups excluding carboxylic acids is 1. The molecule has 1 unspecified atom stereocenters. The minimum Gasteiger partial charge on any atom is -0.466 e. The first-order valence-corrected chi connectivity index (χ1v) is 8.37. The zero-order chi connectivity index (χ0) is 17.2. The van der Waals surface area contributed by atoms with Crippen molar-refractivity contribution in [1.29, 1.82) is 0 Å². The zero-order valence-corrected chi connectivity index (χ0v) is 14.0. The molecule has 3 aromatic rings. The van der Waals surface area contributed by atoms with E-state index in [1.807, 2.05) is 30.0 Å². The maximum absolute atomic E-state index is 12.7. The van der Waals surface area contributed by atoms with E-state index in [1.165, 1.54) is 5.56 Å². The van der Waals surface area contributed by atoms with Gasteiger partial charge in [0.2, 0.25) is 5.88 Å². The number of ether oxygens (including phenoxy) is 1. The van der Waals surface area contributed by atoms with Gasteiger partial charge in [0.1, 0.15) is 5.52 Å². The first-order valence-electron chi connectivity index (χ1n) is 8.37. The van der Waals surface area contributed by atoms with Gasteiger partial charge in [-0.25, -0.2) is 9.50 Å². The van der Waals surface area contributed by atoms with Crippen LogP contribution < -0.4 is 4.74 Å². The van der Waals surface area contributed by atoms with Crippen LogP contribution in [0.3, 0.4) is 0 Å². The van der Waals surface area contributed by atoms with Crippen molar-refractivity contribution in [1.82, 2.24) is 24.7 Å². The first-order chi connectivity index (χ1) is 12.2. The molecule has 1 aromatic carbocycles. The summed E-state index contributed by atoms with van der Waals surface area (Å²) in [6, 6.07) is 10.3. The number of benzene rings is 1. The number of rotatable bonds is 4. The lowest BCUT2D eigenvalue weighted by Gasteiger charge is -2.25. The molecule has 1 saturated heterocycles. The van der Waals surface area contributed by atoms with Gasteiger partial charge >= 0.3 is 0 Å². The molecule has 0 bridgehead atoms. The summed E-state index contributed by atoms with van der Waals surface area (Å²) < 4.78 is 7.32. The van der Waals surface area contributed by atoms with Crippen molar-refractivity contribution in [3.05, 3.63) is 54.0 Å². The molecule has 1 fully saturated rings. The first kappa shape index (κ1) is 15.6. The van der Waals surface area contributed by atoms with Crippen LogP contribution in [0.2, 0.25) is 0 Å². The lowest BCUT2D eigenvalue weighted by molar-refractivity contribution is -0.134. The Bertz CT molecular complexity index is 893. The number of aryl methyl sites for hydroxylation is 1. The van der Waals surface area contributed by atoms with E-state index in [0.29, 0.717) is 11.4 Å². The molecular formula is C18H19N5O2. The van der Waals surface area contributed by atoms with Crippen molar-refractivity contribution < 1.29 is 9.53 Å². The van der Waals surface area contributed by atoms with E-state index in [2.05, 4.69) is 27.4 Å². The molecule has 4 rings (SSSR count). The Morgan fingerprint density at radius 1 is 1.32 bits per heavy atom. The second-order valence-electron chi connectivity index (χ2n) is 6.20. The third-order valence-electron chi connectivity index (χ3n) is 4.47. The molecule has 7 nitrogen and oxygen atoms in total. The second-order valence-corrected chi connectivity index (χ2v) is 6.20. The summed E-state index contributed by atoms with van der Waals surface area (Å²) in [7, 11) is 0. The van der Waals surface area contributed by atoms with Gasteiger partial charge in [-0.2, -0.15) is 0 Å². The minimum absolute atomic E-state index is 0.0275. The van der Waals surface area contributed by atoms with Gasteiger partial charge in [-0.1, -0.05) is 35.5 Å². The number of fused-ring (bicyclic) bond motifs is 1. The fourth-order valence-corrected chi connectivity index (χ4v) is 3.32. The van der Waals surface area contributed by atoms with Gasteiger partial charge in [0.25, 0.3) is 5.91 Å². The molecule has 0 spiro atoms. The van der Waals surface area contributed by atoms with E-state index in [1.54, 1.807) is 16.9 Å². The molecule has 3 heterocycles. The van der Waals surface area contributed by atoms with E-state index in [-0.39, 0.29) is 18.6 Å². The van der Waals surface area contributed by atoms with Gasteiger partial charge in [0.05, 0.1) is 24.1 Å². The Morgan fingerprint density at radius 2 is 2.16 bits per heavy atom. The summed E-state index contributed by atoms with van der Waals surface area (Å²) in [5.41, 5.74) is 2.58. The average Bonchev–Trinajstić information content (AvgIpc) is 3.29. The summed E-state index contributed by atoms with van der Waals surface area (Å²) in [5.74, 6) is 0.356. The van der Waals surface area contributed by atoms with E-state index < -0.39 is 0 Å². The Morgan fingerprint density at radius 3 is 3.00 bits per heavy atom. The Labute approximate surface area is 145 Å². The SMILES string of the molecule is Cc1cn2nncc2c(OCC(=O)N2CCCC2c2ccccc2)n1. The third kappa shape index (κ3) is 3.05. The molecule has 128 valence electrons. The Hall–Kier alpha value is -2.96. The molecule has 0 radical (unpaired) electrons. The molecule has 1 atom stereocenters. The largest absolute Gasteiger partial charge is 0.466 e. The van der Waals surface area contributed by atoms with Crippen LogP contribution >= 0.6 is 0 Å². The van der Waals surface area contributed by atoms with E-state index in [9.17, 15) is 4.79 Å². The topological polar surface area (TPSA) is 72.6 Å². The molecule has 0 saturated carbocycles. The summed E-state index contributed by atoms with van der Waals surface area (Å²) in [6.45, 7) is 2.56. The lowest BCUT2D eigenvalue weighted by atomic mass is 10.0. The van der Waals surface area contributed by atoms with Crippen molar-refractivity contribution in [3.63, 3.8) is 0 Å². The number of likely N-dealkylation sites (tertiary alicyclic amines) is 1. The van der Waals surface area contributed by atoms with E-state index in [0.717, 1.165) is 25.1 Å². The summed E-state index contributed by atoms with van der Waals surface area (Å²) in [5, 5.41) is 7.80. The highest BCUT2D eigenvalue weighted by atomic mass is 16.5. The Kier molecular flexibility index (Phi) is 4.05. The van der Waals surface area contributed by atoms with Crippen LogP contribution in [0.1, 0.15) is 30.1 Å². The summed E-state index contributed by atoms with van der Waals surface area (Å²) in [4.78, 5) is 19.0. The molecular weight excluding hydrogens is 318 g/mol. The number of hydrogen-bond donors (Lipinski definition) is 0. The number of nitrogens with zero attached hydrogens (tertiary/aromatic N) is 5. The quantitative estimate of drug-likeness (QED) is 0.729. The highest BCUT2D eigenvalue weighted by Crippen LogP contribution is 2.31. The highest BCUT2D eigenvalue weighted by Gasteiger charge is 2.30. The summed E-state index contributed by atoms with van der Waals surface area (Å²) in [6.07, 6.45) is 5.33. The standard InChI is InChI=1S/C18H19N5O2/c1-13-11-23-16(10-19-21-23)18(20-13)25-12-17(24)22-9-5-8-15(22)14-6-3-2-4-7-14/h2-4,6-7,10-11,15H,5,8-9,12H2,1H3. The fourth-order valence-electron chi connectivity index (χ4n) is 3.32. The smallest absolute Gasteiger partial charge is 0.261 e. The fraction of sp³-hybridized carbons (Fsp3) is 0.333. The number of carbonyl (C=O) groups is 1. The van der Waals surface area contributed by atoms with Crippen LogP contribution in [-0.2, 0) is 4.79 Å². The van der Waals surface area contributed by atoms with Gasteiger partial charge in [0.15, 0.2) is 6.61 Å². The predicted molar refractivity (Wildman–Crippen MR) is 91.1 cm³/mol. The molecule has 0 aliphatic carbocycles. The van der Waals surface area contributed by atoms with Crippen LogP contribution in [0, 0.1) is 6.92 Å². The molecule has 1 aliphatic rings. The third-order valence-corrected chi connectivity index (χ3v) is 4.47. The number of amides is 1. The normalized spacial score (nSPS) is 17.2. The highest BCUT2D eigenvalue weighted by molar-refractivity contribution is 5.78. The van der Waals surface area contributed by atoms with Crippen molar-refractivity contribution in [2.24, 2.45) is 0 Å². The number of aromatic nitrogens is 4. The van der Waals surface area contributed by atoms with Crippen LogP contribution in [0.25, 0.3) is 5.52 Å². The summed E-state index contributed by atoms with van der Waals surface area (Å²) >= 11 is 0. The van der Waals surface area contributed by atoms with Crippen LogP contribution in [0.5, 0.6) is 5.88 Å². The van der Waals surface area contributed by atoms with Gasteiger partial charge in [0, 0.05) is 6.54 Å². The van der Waals surface area contributed by atoms with E-state index in [4.69, 9.17) is 4.74 Å². The van der Waals surface area contributed by atoms with Crippen molar-refractivity contribution >= 4 is 11.4 Å². The van der Waals surface area contributed by atoms with E-state index >= 15 is 0 Å². The molecule has 1 amide bonds. The average molecular weight is 337 g/mol. The van der Waals surface area contributed by atoms with Crippen molar-refractivity contribution in [3.8, 4) is 5.88 Å². The maximum Gasteiger partial charge on any atom is 0.261 e.